The van der Waals surface area contributed by atoms with E-state index < -0.39 is 11.6 Å². The van der Waals surface area contributed by atoms with Crippen LogP contribution in [0.1, 0.15) is 38.2 Å². The predicted molar refractivity (Wildman–Crippen MR) is 75.4 cm³/mol. The number of rotatable bonds is 4. The Bertz CT molecular complexity index is 466. The molecule has 3 rings (SSSR count). The molecule has 0 aliphatic carbocycles. The molecule has 2 nitrogen and oxygen atoms in total. The minimum atomic E-state index is -0.746. The summed E-state index contributed by atoms with van der Waals surface area (Å²) in [5.41, 5.74) is 0.470. The predicted octanol–water partition coefficient (Wildman–Crippen LogP) is 3.07. The van der Waals surface area contributed by atoms with Crippen LogP contribution in [-0.2, 0) is 6.54 Å². The highest BCUT2D eigenvalue weighted by Crippen LogP contribution is 2.30. The minimum Gasteiger partial charge on any atom is -0.311 e. The lowest BCUT2D eigenvalue weighted by atomic mass is 9.97. The van der Waals surface area contributed by atoms with Crippen molar-refractivity contribution in [3.63, 3.8) is 0 Å². The van der Waals surface area contributed by atoms with Crippen LogP contribution < -0.4 is 5.32 Å². The number of nitrogens with one attached hydrogen (secondary N) is 1. The zero-order valence-electron chi connectivity index (χ0n) is 11.9. The Morgan fingerprint density at radius 1 is 1.20 bits per heavy atom. The number of fused-ring (bicyclic) bond motifs is 2. The van der Waals surface area contributed by atoms with E-state index in [4.69, 9.17) is 0 Å². The molecule has 2 atom stereocenters. The molecule has 2 aliphatic heterocycles. The molecule has 0 saturated carbocycles. The largest absolute Gasteiger partial charge is 0.311 e. The minimum absolute atomic E-state index is 0.470. The van der Waals surface area contributed by atoms with E-state index in [0.717, 1.165) is 19.4 Å². The lowest BCUT2D eigenvalue weighted by Gasteiger charge is -2.37. The number of nitrogens with zero attached hydrogens (tertiary/aromatic N) is 1. The zero-order chi connectivity index (χ0) is 14.1. The molecule has 2 bridgehead atoms. The molecule has 2 heterocycles. The Morgan fingerprint density at radius 2 is 1.90 bits per heavy atom. The number of hydrogen-bond donors (Lipinski definition) is 1. The highest BCUT2D eigenvalue weighted by atomic mass is 19.2. The maximum absolute atomic E-state index is 13.8. The molecule has 2 aliphatic rings. The summed E-state index contributed by atoms with van der Waals surface area (Å²) >= 11 is 0. The Labute approximate surface area is 119 Å². The van der Waals surface area contributed by atoms with Crippen LogP contribution in [0.5, 0.6) is 0 Å². The van der Waals surface area contributed by atoms with Gasteiger partial charge in [0.15, 0.2) is 11.6 Å². The van der Waals surface area contributed by atoms with Gasteiger partial charge in [0.25, 0.3) is 0 Å². The number of hydrogen-bond acceptors (Lipinski definition) is 2. The van der Waals surface area contributed by atoms with Crippen molar-refractivity contribution in [2.45, 2.75) is 57.3 Å². The van der Waals surface area contributed by atoms with Crippen molar-refractivity contribution in [1.29, 1.82) is 0 Å². The van der Waals surface area contributed by atoms with Gasteiger partial charge in [-0.3, -0.25) is 4.90 Å². The second kappa shape index (κ2) is 5.78. The Morgan fingerprint density at radius 3 is 2.55 bits per heavy atom. The standard InChI is InChI=1S/C16H22F2N2/c1-2-20(10-11-4-3-5-15(17)16(11)18)14-8-12-6-7-13(9-14)19-12/h3-5,12-14,19H,2,6-10H2,1H3. The van der Waals surface area contributed by atoms with Gasteiger partial charge in [-0.1, -0.05) is 19.1 Å². The smallest absolute Gasteiger partial charge is 0.163 e. The summed E-state index contributed by atoms with van der Waals surface area (Å²) in [6.07, 6.45) is 4.77. The molecule has 2 fully saturated rings. The normalized spacial score (nSPS) is 29.1. The fourth-order valence-corrected chi connectivity index (χ4v) is 3.71. The fraction of sp³-hybridized carbons (Fsp3) is 0.625. The monoisotopic (exact) mass is 280 g/mol. The topological polar surface area (TPSA) is 15.3 Å². The van der Waals surface area contributed by atoms with Gasteiger partial charge < -0.3 is 5.32 Å². The molecular weight excluding hydrogens is 258 g/mol. The van der Waals surface area contributed by atoms with Crippen LogP contribution in [-0.4, -0.2) is 29.6 Å². The van der Waals surface area contributed by atoms with Gasteiger partial charge in [0.2, 0.25) is 0 Å². The van der Waals surface area contributed by atoms with Crippen LogP contribution in [0.2, 0.25) is 0 Å². The molecule has 0 amide bonds. The fourth-order valence-electron chi connectivity index (χ4n) is 3.71. The van der Waals surface area contributed by atoms with Crippen LogP contribution in [0, 0.1) is 11.6 Å². The lowest BCUT2D eigenvalue weighted by molar-refractivity contribution is 0.139. The molecule has 0 aromatic heterocycles. The second-order valence-electron chi connectivity index (χ2n) is 6.04. The first kappa shape index (κ1) is 14.0. The lowest BCUT2D eigenvalue weighted by Crippen LogP contribution is -2.48. The van der Waals surface area contributed by atoms with E-state index in [1.165, 1.54) is 18.9 Å². The zero-order valence-corrected chi connectivity index (χ0v) is 11.9. The van der Waals surface area contributed by atoms with Gasteiger partial charge in [0, 0.05) is 30.2 Å². The van der Waals surface area contributed by atoms with Crippen LogP contribution in [0.25, 0.3) is 0 Å². The molecule has 1 aromatic rings. The van der Waals surface area contributed by atoms with Crippen molar-refractivity contribution < 1.29 is 8.78 Å². The SMILES string of the molecule is CCN(Cc1cccc(F)c1F)C1CC2CCC(C1)N2. The van der Waals surface area contributed by atoms with E-state index in [9.17, 15) is 8.78 Å². The van der Waals surface area contributed by atoms with Crippen LogP contribution in [0.3, 0.4) is 0 Å². The van der Waals surface area contributed by atoms with E-state index >= 15 is 0 Å². The van der Waals surface area contributed by atoms with Crippen molar-refractivity contribution >= 4 is 0 Å². The quantitative estimate of drug-likeness (QED) is 0.912. The van der Waals surface area contributed by atoms with Crippen molar-refractivity contribution in [2.24, 2.45) is 0 Å². The number of halogens is 2. The third-order valence-corrected chi connectivity index (χ3v) is 4.78. The first-order valence-electron chi connectivity index (χ1n) is 7.60. The summed E-state index contributed by atoms with van der Waals surface area (Å²) in [4.78, 5) is 2.30. The van der Waals surface area contributed by atoms with E-state index in [-0.39, 0.29) is 0 Å². The molecular formula is C16H22F2N2. The molecule has 0 radical (unpaired) electrons. The molecule has 0 spiro atoms. The third-order valence-electron chi connectivity index (χ3n) is 4.78. The van der Waals surface area contributed by atoms with Gasteiger partial charge in [-0.2, -0.15) is 0 Å². The van der Waals surface area contributed by atoms with Crippen LogP contribution in [0.4, 0.5) is 8.78 Å². The van der Waals surface area contributed by atoms with Crippen LogP contribution >= 0.6 is 0 Å². The molecule has 4 heteroatoms. The molecule has 1 N–H and O–H groups in total. The van der Waals surface area contributed by atoms with E-state index in [0.29, 0.717) is 30.2 Å². The van der Waals surface area contributed by atoms with Crippen LogP contribution in [0.15, 0.2) is 18.2 Å². The van der Waals surface area contributed by atoms with Gasteiger partial charge in [-0.15, -0.1) is 0 Å². The average molecular weight is 280 g/mol. The van der Waals surface area contributed by atoms with E-state index in [2.05, 4.69) is 17.1 Å². The maximum atomic E-state index is 13.8. The Hall–Kier alpha value is -1.00. The summed E-state index contributed by atoms with van der Waals surface area (Å²) in [7, 11) is 0. The van der Waals surface area contributed by atoms with Crippen molar-refractivity contribution in [3.8, 4) is 0 Å². The molecule has 110 valence electrons. The molecule has 20 heavy (non-hydrogen) atoms. The number of benzene rings is 1. The summed E-state index contributed by atoms with van der Waals surface area (Å²) < 4.78 is 27.1. The van der Waals surface area contributed by atoms with Gasteiger partial charge in [-0.25, -0.2) is 8.78 Å². The van der Waals surface area contributed by atoms with Crippen molar-refractivity contribution in [2.75, 3.05) is 6.54 Å². The summed E-state index contributed by atoms with van der Waals surface area (Å²) in [5, 5.41) is 3.62. The highest BCUT2D eigenvalue weighted by Gasteiger charge is 2.35. The first-order valence-corrected chi connectivity index (χ1v) is 7.60. The van der Waals surface area contributed by atoms with E-state index in [1.807, 2.05) is 0 Å². The van der Waals surface area contributed by atoms with Crippen molar-refractivity contribution in [1.82, 2.24) is 10.2 Å². The molecule has 1 aromatic carbocycles. The maximum Gasteiger partial charge on any atom is 0.163 e. The van der Waals surface area contributed by atoms with Gasteiger partial charge >= 0.3 is 0 Å². The summed E-state index contributed by atoms with van der Waals surface area (Å²) in [6, 6.07) is 6.18. The summed E-state index contributed by atoms with van der Waals surface area (Å²) in [5.74, 6) is -1.44. The Kier molecular flexibility index (Phi) is 4.03. The molecule has 2 saturated heterocycles. The van der Waals surface area contributed by atoms with Gasteiger partial charge in [0.05, 0.1) is 0 Å². The van der Waals surface area contributed by atoms with Gasteiger partial charge in [0.1, 0.15) is 0 Å². The Balaban J connectivity index is 1.72. The average Bonchev–Trinajstić information content (AvgIpc) is 2.79. The second-order valence-corrected chi connectivity index (χ2v) is 6.04. The first-order chi connectivity index (χ1) is 9.67. The number of piperidine rings is 1. The van der Waals surface area contributed by atoms with Gasteiger partial charge in [-0.05, 0) is 38.3 Å². The van der Waals surface area contributed by atoms with E-state index in [1.54, 1.807) is 12.1 Å². The highest BCUT2D eigenvalue weighted by molar-refractivity contribution is 5.19. The third kappa shape index (κ3) is 2.72. The molecule has 2 unspecified atom stereocenters. The van der Waals surface area contributed by atoms with Crippen molar-refractivity contribution in [3.05, 3.63) is 35.4 Å². The summed E-state index contributed by atoms with van der Waals surface area (Å²) in [6.45, 7) is 3.48.